The van der Waals surface area contributed by atoms with Crippen molar-refractivity contribution in [2.45, 2.75) is 20.3 Å². The van der Waals surface area contributed by atoms with Gasteiger partial charge >= 0.3 is 0 Å². The van der Waals surface area contributed by atoms with Crippen molar-refractivity contribution in [2.75, 3.05) is 13.1 Å². The Morgan fingerprint density at radius 3 is 2.81 bits per heavy atom. The molecular weight excluding hydrogens is 344 g/mol. The van der Waals surface area contributed by atoms with Crippen molar-refractivity contribution < 1.29 is 4.79 Å². The molecule has 4 heteroatoms. The maximum absolute atomic E-state index is 12.8. The SMILES string of the molecule is CC1(C)CN(C(=O)c2cccc(Cl)c2)CC/C1=C\C#Cc1ccccn1. The summed E-state index contributed by atoms with van der Waals surface area (Å²) >= 11 is 6.01. The highest BCUT2D eigenvalue weighted by molar-refractivity contribution is 6.30. The van der Waals surface area contributed by atoms with E-state index in [0.29, 0.717) is 23.7 Å². The van der Waals surface area contributed by atoms with Crippen molar-refractivity contribution >= 4 is 17.5 Å². The standard InChI is InChI=1S/C22H21ClN2O/c1-22(2)16-25(21(26)17-7-5-9-19(23)15-17)14-12-18(22)8-6-11-20-10-3-4-13-24-20/h3-5,7-10,13,15H,12,14,16H2,1-2H3/b18-8+. The van der Waals surface area contributed by atoms with Crippen LogP contribution in [0.2, 0.25) is 5.02 Å². The van der Waals surface area contributed by atoms with Gasteiger partial charge in [-0.1, -0.05) is 49.1 Å². The summed E-state index contributed by atoms with van der Waals surface area (Å²) in [6, 6.07) is 12.8. The molecule has 0 aliphatic carbocycles. The maximum Gasteiger partial charge on any atom is 0.253 e. The second kappa shape index (κ2) is 7.76. The second-order valence-corrected chi connectivity index (χ2v) is 7.46. The lowest BCUT2D eigenvalue weighted by Crippen LogP contribution is -2.44. The Kier molecular flexibility index (Phi) is 5.44. The minimum atomic E-state index is -0.120. The Balaban J connectivity index is 1.72. The molecule has 2 heterocycles. The number of allylic oxidation sites excluding steroid dienone is 1. The van der Waals surface area contributed by atoms with Crippen LogP contribution in [0.1, 0.15) is 36.3 Å². The van der Waals surface area contributed by atoms with Gasteiger partial charge in [0.15, 0.2) is 0 Å². The number of nitrogens with zero attached hydrogens (tertiary/aromatic N) is 2. The monoisotopic (exact) mass is 364 g/mol. The number of piperidine rings is 1. The summed E-state index contributed by atoms with van der Waals surface area (Å²) in [6.45, 7) is 5.65. The molecule has 1 amide bonds. The summed E-state index contributed by atoms with van der Waals surface area (Å²) in [6.07, 6.45) is 4.53. The third-order valence-corrected chi connectivity index (χ3v) is 4.81. The van der Waals surface area contributed by atoms with E-state index in [1.807, 2.05) is 41.3 Å². The van der Waals surface area contributed by atoms with Crippen LogP contribution in [0.4, 0.5) is 0 Å². The van der Waals surface area contributed by atoms with E-state index in [9.17, 15) is 4.79 Å². The smallest absolute Gasteiger partial charge is 0.253 e. The maximum atomic E-state index is 12.8. The first-order chi connectivity index (χ1) is 12.5. The Hall–Kier alpha value is -2.57. The molecule has 3 nitrogen and oxygen atoms in total. The molecule has 1 aliphatic heterocycles. The quantitative estimate of drug-likeness (QED) is 0.693. The number of likely N-dealkylation sites (tertiary alicyclic amines) is 1. The molecule has 132 valence electrons. The van der Waals surface area contributed by atoms with E-state index in [1.54, 1.807) is 18.3 Å². The molecule has 1 aromatic heterocycles. The average molecular weight is 365 g/mol. The van der Waals surface area contributed by atoms with Gasteiger partial charge in [-0.25, -0.2) is 4.98 Å². The molecule has 1 saturated heterocycles. The van der Waals surface area contributed by atoms with Gasteiger partial charge in [-0.3, -0.25) is 4.79 Å². The first kappa shape index (κ1) is 18.2. The van der Waals surface area contributed by atoms with Gasteiger partial charge in [-0.15, -0.1) is 0 Å². The molecule has 1 aromatic carbocycles. The minimum absolute atomic E-state index is 0.0270. The van der Waals surface area contributed by atoms with Crippen LogP contribution < -0.4 is 0 Å². The highest BCUT2D eigenvalue weighted by Crippen LogP contribution is 2.34. The summed E-state index contributed by atoms with van der Waals surface area (Å²) in [5.74, 6) is 6.20. The lowest BCUT2D eigenvalue weighted by Gasteiger charge is -2.40. The molecule has 26 heavy (non-hydrogen) atoms. The predicted octanol–water partition coefficient (Wildman–Crippen LogP) is 4.59. The summed E-state index contributed by atoms with van der Waals surface area (Å²) < 4.78 is 0. The Bertz CT molecular complexity index is 891. The van der Waals surface area contributed by atoms with Crippen molar-refractivity contribution in [3.63, 3.8) is 0 Å². The van der Waals surface area contributed by atoms with Crippen molar-refractivity contribution in [2.24, 2.45) is 5.41 Å². The lowest BCUT2D eigenvalue weighted by atomic mass is 9.78. The molecule has 0 N–H and O–H groups in total. The van der Waals surface area contributed by atoms with Gasteiger partial charge in [0.2, 0.25) is 0 Å². The zero-order valence-corrected chi connectivity index (χ0v) is 15.8. The molecule has 0 spiro atoms. The summed E-state index contributed by atoms with van der Waals surface area (Å²) in [7, 11) is 0. The molecule has 3 rings (SSSR count). The zero-order valence-electron chi connectivity index (χ0n) is 15.0. The topological polar surface area (TPSA) is 33.2 Å². The zero-order chi connectivity index (χ0) is 18.6. The third-order valence-electron chi connectivity index (χ3n) is 4.58. The van der Waals surface area contributed by atoms with Gasteiger partial charge in [-0.05, 0) is 48.7 Å². The largest absolute Gasteiger partial charge is 0.337 e. The van der Waals surface area contributed by atoms with Crippen LogP contribution in [0.5, 0.6) is 0 Å². The number of aromatic nitrogens is 1. The van der Waals surface area contributed by atoms with Gasteiger partial charge in [0.25, 0.3) is 5.91 Å². The molecule has 0 unspecified atom stereocenters. The lowest BCUT2D eigenvalue weighted by molar-refractivity contribution is 0.0663. The molecule has 0 radical (unpaired) electrons. The van der Waals surface area contributed by atoms with Crippen molar-refractivity contribution in [1.82, 2.24) is 9.88 Å². The predicted molar refractivity (Wildman–Crippen MR) is 105 cm³/mol. The number of halogens is 1. The molecule has 1 fully saturated rings. The minimum Gasteiger partial charge on any atom is -0.337 e. The van der Waals surface area contributed by atoms with E-state index in [0.717, 1.165) is 12.1 Å². The molecule has 0 saturated carbocycles. The molecule has 0 atom stereocenters. The van der Waals surface area contributed by atoms with Gasteiger partial charge in [0.05, 0.1) is 0 Å². The van der Waals surface area contributed by atoms with Crippen LogP contribution >= 0.6 is 11.6 Å². The summed E-state index contributed by atoms with van der Waals surface area (Å²) in [4.78, 5) is 18.9. The fourth-order valence-corrected chi connectivity index (χ4v) is 3.32. The normalized spacial score (nSPS) is 17.5. The first-order valence-electron chi connectivity index (χ1n) is 8.63. The number of benzene rings is 1. The van der Waals surface area contributed by atoms with Crippen molar-refractivity contribution in [1.29, 1.82) is 0 Å². The van der Waals surface area contributed by atoms with Crippen LogP contribution in [-0.4, -0.2) is 28.9 Å². The number of hydrogen-bond acceptors (Lipinski definition) is 2. The van der Waals surface area contributed by atoms with E-state index in [-0.39, 0.29) is 11.3 Å². The highest BCUT2D eigenvalue weighted by Gasteiger charge is 2.33. The van der Waals surface area contributed by atoms with E-state index < -0.39 is 0 Å². The fourth-order valence-electron chi connectivity index (χ4n) is 3.13. The third kappa shape index (κ3) is 4.33. The van der Waals surface area contributed by atoms with Crippen LogP contribution in [-0.2, 0) is 0 Å². The molecule has 0 bridgehead atoms. The van der Waals surface area contributed by atoms with Gasteiger partial charge in [0.1, 0.15) is 5.69 Å². The highest BCUT2D eigenvalue weighted by atomic mass is 35.5. The number of carbonyl (C=O) groups excluding carboxylic acids is 1. The molecular formula is C22H21ClN2O. The van der Waals surface area contributed by atoms with Gasteiger partial charge < -0.3 is 4.90 Å². The van der Waals surface area contributed by atoms with Crippen LogP contribution in [0.25, 0.3) is 0 Å². The van der Waals surface area contributed by atoms with Crippen molar-refractivity contribution in [3.05, 3.63) is 76.6 Å². The van der Waals surface area contributed by atoms with E-state index in [1.165, 1.54) is 5.57 Å². The van der Waals surface area contributed by atoms with Crippen molar-refractivity contribution in [3.8, 4) is 11.8 Å². The number of hydrogen-bond donors (Lipinski definition) is 0. The van der Waals surface area contributed by atoms with Crippen LogP contribution in [0.15, 0.2) is 60.3 Å². The second-order valence-electron chi connectivity index (χ2n) is 7.02. The number of pyridine rings is 1. The fraction of sp³-hybridized carbons (Fsp3) is 0.273. The number of amides is 1. The number of rotatable bonds is 1. The summed E-state index contributed by atoms with van der Waals surface area (Å²) in [5.41, 5.74) is 2.54. The van der Waals surface area contributed by atoms with E-state index in [2.05, 4.69) is 30.7 Å². The Morgan fingerprint density at radius 2 is 2.12 bits per heavy atom. The Labute approximate surface area is 159 Å². The Morgan fingerprint density at radius 1 is 1.27 bits per heavy atom. The average Bonchev–Trinajstić information content (AvgIpc) is 2.63. The molecule has 2 aromatic rings. The van der Waals surface area contributed by atoms with Crippen LogP contribution in [0, 0.1) is 17.3 Å². The van der Waals surface area contributed by atoms with Crippen LogP contribution in [0.3, 0.4) is 0 Å². The van der Waals surface area contributed by atoms with Gasteiger partial charge in [0, 0.05) is 35.3 Å². The first-order valence-corrected chi connectivity index (χ1v) is 9.00. The van der Waals surface area contributed by atoms with E-state index >= 15 is 0 Å². The van der Waals surface area contributed by atoms with E-state index in [4.69, 9.17) is 11.6 Å². The number of carbonyl (C=O) groups is 1. The molecule has 1 aliphatic rings. The summed E-state index contributed by atoms with van der Waals surface area (Å²) in [5, 5.41) is 0.581. The van der Waals surface area contributed by atoms with Gasteiger partial charge in [-0.2, -0.15) is 0 Å².